The summed E-state index contributed by atoms with van der Waals surface area (Å²) in [7, 11) is 0. The van der Waals surface area contributed by atoms with E-state index in [2.05, 4.69) is 72.4 Å². The summed E-state index contributed by atoms with van der Waals surface area (Å²) in [4.78, 5) is 0. The summed E-state index contributed by atoms with van der Waals surface area (Å²) in [5, 5.41) is 2.62. The van der Waals surface area contributed by atoms with E-state index in [9.17, 15) is 0 Å². The highest BCUT2D eigenvalue weighted by atomic mass is 14.9. The predicted molar refractivity (Wildman–Crippen MR) is 89.3 cm³/mol. The molecule has 2 N–H and O–H groups in total. The Bertz CT molecular complexity index is 722. The number of nitrogens with zero attached hydrogens (tertiary/aromatic N) is 1. The number of fused-ring (bicyclic) bond motifs is 1. The van der Waals surface area contributed by atoms with Gasteiger partial charge < -0.3 is 10.3 Å². The lowest BCUT2D eigenvalue weighted by Gasteiger charge is -2.09. The van der Waals surface area contributed by atoms with Crippen LogP contribution in [-0.2, 0) is 6.54 Å². The summed E-state index contributed by atoms with van der Waals surface area (Å²) in [6.45, 7) is 3.06. The Hall–Kier alpha value is -2.06. The maximum Gasteiger partial charge on any atom is 0.0476 e. The van der Waals surface area contributed by atoms with Crippen LogP contribution in [0.15, 0.2) is 60.9 Å². The molecule has 0 spiro atoms. The van der Waals surface area contributed by atoms with Crippen molar-refractivity contribution in [2.24, 2.45) is 5.73 Å². The van der Waals surface area contributed by atoms with Crippen molar-refractivity contribution in [3.8, 4) is 0 Å². The Labute approximate surface area is 126 Å². The van der Waals surface area contributed by atoms with E-state index in [1.807, 2.05) is 0 Å². The molecule has 1 unspecified atom stereocenters. The number of benzene rings is 2. The monoisotopic (exact) mass is 278 g/mol. The van der Waals surface area contributed by atoms with Crippen molar-refractivity contribution < 1.29 is 0 Å². The molecule has 0 bridgehead atoms. The number of hydrogen-bond donors (Lipinski definition) is 1. The molecule has 108 valence electrons. The van der Waals surface area contributed by atoms with Crippen LogP contribution in [0.25, 0.3) is 10.8 Å². The molecule has 3 aromatic rings. The fourth-order valence-corrected chi connectivity index (χ4v) is 2.88. The van der Waals surface area contributed by atoms with Crippen LogP contribution in [0.1, 0.15) is 36.9 Å². The molecule has 3 rings (SSSR count). The molecule has 0 aliphatic rings. The molecule has 2 heteroatoms. The Morgan fingerprint density at radius 3 is 2.71 bits per heavy atom. The summed E-state index contributed by atoms with van der Waals surface area (Å²) in [6, 6.07) is 17.3. The van der Waals surface area contributed by atoms with Crippen LogP contribution in [0.4, 0.5) is 0 Å². The van der Waals surface area contributed by atoms with Crippen molar-refractivity contribution in [2.45, 2.75) is 32.4 Å². The van der Waals surface area contributed by atoms with Gasteiger partial charge in [0.2, 0.25) is 0 Å². The molecule has 0 amide bonds. The summed E-state index contributed by atoms with van der Waals surface area (Å²) >= 11 is 0. The fraction of sp³-hybridized carbons (Fsp3) is 0.263. The van der Waals surface area contributed by atoms with Gasteiger partial charge in [0.05, 0.1) is 0 Å². The molecule has 1 atom stereocenters. The smallest absolute Gasteiger partial charge is 0.0476 e. The van der Waals surface area contributed by atoms with Crippen molar-refractivity contribution in [3.05, 3.63) is 72.1 Å². The van der Waals surface area contributed by atoms with Gasteiger partial charge in [-0.15, -0.1) is 0 Å². The molecular weight excluding hydrogens is 256 g/mol. The van der Waals surface area contributed by atoms with Crippen LogP contribution in [0.5, 0.6) is 0 Å². The van der Waals surface area contributed by atoms with Crippen molar-refractivity contribution in [2.75, 3.05) is 0 Å². The third-order valence-electron chi connectivity index (χ3n) is 4.03. The first-order valence-electron chi connectivity index (χ1n) is 7.66. The largest absolute Gasteiger partial charge is 0.350 e. The van der Waals surface area contributed by atoms with Crippen molar-refractivity contribution in [1.82, 2.24) is 4.57 Å². The zero-order valence-corrected chi connectivity index (χ0v) is 12.5. The highest BCUT2D eigenvalue weighted by Crippen LogP contribution is 2.21. The second-order valence-electron chi connectivity index (χ2n) is 5.65. The lowest BCUT2D eigenvalue weighted by molar-refractivity contribution is 0.636. The van der Waals surface area contributed by atoms with Gasteiger partial charge in [-0.05, 0) is 34.4 Å². The van der Waals surface area contributed by atoms with E-state index in [0.29, 0.717) is 0 Å². The first-order chi connectivity index (χ1) is 10.3. The Morgan fingerprint density at radius 2 is 1.86 bits per heavy atom. The van der Waals surface area contributed by atoms with E-state index in [-0.39, 0.29) is 6.04 Å². The van der Waals surface area contributed by atoms with Crippen LogP contribution >= 0.6 is 0 Å². The van der Waals surface area contributed by atoms with Crippen LogP contribution in [-0.4, -0.2) is 4.57 Å². The first-order valence-corrected chi connectivity index (χ1v) is 7.66. The normalized spacial score (nSPS) is 12.7. The average Bonchev–Trinajstić information content (AvgIpc) is 2.97. The third-order valence-corrected chi connectivity index (χ3v) is 4.03. The first kappa shape index (κ1) is 13.9. The quantitative estimate of drug-likeness (QED) is 0.732. The zero-order valence-electron chi connectivity index (χ0n) is 12.5. The predicted octanol–water partition coefficient (Wildman–Crippen LogP) is 4.49. The van der Waals surface area contributed by atoms with E-state index in [0.717, 1.165) is 19.4 Å². The van der Waals surface area contributed by atoms with Crippen LogP contribution < -0.4 is 5.73 Å². The molecule has 2 nitrogen and oxygen atoms in total. The highest BCUT2D eigenvalue weighted by Gasteiger charge is 2.07. The van der Waals surface area contributed by atoms with Gasteiger partial charge in [-0.2, -0.15) is 0 Å². The molecule has 0 saturated carbocycles. The van der Waals surface area contributed by atoms with E-state index < -0.39 is 0 Å². The van der Waals surface area contributed by atoms with Gasteiger partial charge in [0.1, 0.15) is 0 Å². The lowest BCUT2D eigenvalue weighted by atomic mass is 10.0. The van der Waals surface area contributed by atoms with Crippen molar-refractivity contribution in [1.29, 1.82) is 0 Å². The highest BCUT2D eigenvalue weighted by molar-refractivity contribution is 5.85. The van der Waals surface area contributed by atoms with Gasteiger partial charge in [-0.1, -0.05) is 55.8 Å². The second kappa shape index (κ2) is 6.15. The van der Waals surface area contributed by atoms with Gasteiger partial charge in [-0.25, -0.2) is 0 Å². The van der Waals surface area contributed by atoms with Crippen LogP contribution in [0.2, 0.25) is 0 Å². The minimum absolute atomic E-state index is 0.156. The molecule has 0 fully saturated rings. The van der Waals surface area contributed by atoms with Crippen LogP contribution in [0, 0.1) is 0 Å². The Balaban J connectivity index is 1.86. The molecule has 21 heavy (non-hydrogen) atoms. The molecule has 0 aliphatic heterocycles. The van der Waals surface area contributed by atoms with E-state index in [4.69, 9.17) is 5.73 Å². The molecule has 1 aromatic heterocycles. The molecule has 0 saturated heterocycles. The second-order valence-corrected chi connectivity index (χ2v) is 5.65. The minimum atomic E-state index is 0.156. The topological polar surface area (TPSA) is 30.9 Å². The standard InChI is InChI=1S/C19H22N2/c1-2-6-19(20)17-11-12-21(14-17)13-16-9-5-8-15-7-3-4-10-18(15)16/h3-5,7-12,14,19H,2,6,13,20H2,1H3. The Kier molecular flexibility index (Phi) is 4.07. The summed E-state index contributed by atoms with van der Waals surface area (Å²) in [6.07, 6.45) is 6.47. The molecular formula is C19H22N2. The summed E-state index contributed by atoms with van der Waals surface area (Å²) < 4.78 is 2.23. The minimum Gasteiger partial charge on any atom is -0.350 e. The number of hydrogen-bond acceptors (Lipinski definition) is 1. The lowest BCUT2D eigenvalue weighted by Crippen LogP contribution is -2.08. The molecule has 2 aromatic carbocycles. The van der Waals surface area contributed by atoms with Gasteiger partial charge in [-0.3, -0.25) is 0 Å². The number of aromatic nitrogens is 1. The maximum atomic E-state index is 6.19. The third kappa shape index (κ3) is 3.01. The number of rotatable bonds is 5. The van der Waals surface area contributed by atoms with Gasteiger partial charge in [0, 0.05) is 25.0 Å². The van der Waals surface area contributed by atoms with E-state index >= 15 is 0 Å². The molecule has 0 radical (unpaired) electrons. The van der Waals surface area contributed by atoms with Gasteiger partial charge >= 0.3 is 0 Å². The van der Waals surface area contributed by atoms with E-state index in [1.54, 1.807) is 0 Å². The van der Waals surface area contributed by atoms with Gasteiger partial charge in [0.25, 0.3) is 0 Å². The van der Waals surface area contributed by atoms with Crippen LogP contribution in [0.3, 0.4) is 0 Å². The Morgan fingerprint density at radius 1 is 1.05 bits per heavy atom. The number of nitrogens with two attached hydrogens (primary N) is 1. The summed E-state index contributed by atoms with van der Waals surface area (Å²) in [5.41, 5.74) is 8.77. The van der Waals surface area contributed by atoms with Crippen molar-refractivity contribution in [3.63, 3.8) is 0 Å². The maximum absolute atomic E-state index is 6.19. The molecule has 1 heterocycles. The zero-order chi connectivity index (χ0) is 14.7. The SMILES string of the molecule is CCCC(N)c1ccn(Cc2cccc3ccccc23)c1. The van der Waals surface area contributed by atoms with Crippen molar-refractivity contribution >= 4 is 10.8 Å². The molecule has 0 aliphatic carbocycles. The van der Waals surface area contributed by atoms with E-state index in [1.165, 1.54) is 21.9 Å². The average molecular weight is 278 g/mol. The fourth-order valence-electron chi connectivity index (χ4n) is 2.88. The summed E-state index contributed by atoms with van der Waals surface area (Å²) in [5.74, 6) is 0. The van der Waals surface area contributed by atoms with Gasteiger partial charge in [0.15, 0.2) is 0 Å².